The van der Waals surface area contributed by atoms with E-state index in [9.17, 15) is 0 Å². The molecule has 2 aromatic heterocycles. The molecule has 0 radical (unpaired) electrons. The van der Waals surface area contributed by atoms with Crippen molar-refractivity contribution in [1.82, 2.24) is 14.6 Å². The van der Waals surface area contributed by atoms with Crippen LogP contribution in [-0.4, -0.2) is 14.6 Å². The number of nitrogens with zero attached hydrogens (tertiary/aromatic N) is 3. The molecule has 0 saturated heterocycles. The van der Waals surface area contributed by atoms with Gasteiger partial charge in [0.2, 0.25) is 5.95 Å². The Morgan fingerprint density at radius 2 is 2.25 bits per heavy atom. The molecule has 0 aliphatic heterocycles. The monoisotopic (exact) mass is 226 g/mol. The van der Waals surface area contributed by atoms with Gasteiger partial charge in [-0.05, 0) is 35.0 Å². The summed E-state index contributed by atoms with van der Waals surface area (Å²) in [4.78, 5) is 4.06. The molecule has 62 valence electrons. The van der Waals surface area contributed by atoms with Gasteiger partial charge >= 0.3 is 0 Å². The molecule has 0 aliphatic carbocycles. The van der Waals surface area contributed by atoms with Crippen molar-refractivity contribution in [2.24, 2.45) is 0 Å². The molecule has 0 atom stereocenters. The van der Waals surface area contributed by atoms with Gasteiger partial charge in [0.15, 0.2) is 5.65 Å². The maximum absolute atomic E-state index is 5.46. The van der Waals surface area contributed by atoms with Gasteiger partial charge < -0.3 is 5.73 Å². The van der Waals surface area contributed by atoms with E-state index in [1.54, 1.807) is 4.52 Å². The summed E-state index contributed by atoms with van der Waals surface area (Å²) >= 11 is 3.37. The third kappa shape index (κ3) is 0.972. The van der Waals surface area contributed by atoms with Crippen molar-refractivity contribution < 1.29 is 0 Å². The molecule has 2 rings (SSSR count). The summed E-state index contributed by atoms with van der Waals surface area (Å²) in [7, 11) is 0. The molecule has 0 aromatic carbocycles. The Kier molecular flexibility index (Phi) is 1.54. The smallest absolute Gasteiger partial charge is 0.240 e. The summed E-state index contributed by atoms with van der Waals surface area (Å²) in [6.45, 7) is 1.95. The first-order valence-electron chi connectivity index (χ1n) is 3.46. The first-order chi connectivity index (χ1) is 5.68. The van der Waals surface area contributed by atoms with E-state index in [0.717, 1.165) is 15.8 Å². The van der Waals surface area contributed by atoms with Crippen LogP contribution in [-0.2, 0) is 0 Å². The molecular weight excluding hydrogens is 220 g/mol. The van der Waals surface area contributed by atoms with Gasteiger partial charge in [0.1, 0.15) is 0 Å². The average Bonchev–Trinajstić information content (AvgIpc) is 2.41. The molecule has 0 bridgehead atoms. The van der Waals surface area contributed by atoms with Crippen LogP contribution >= 0.6 is 15.9 Å². The van der Waals surface area contributed by atoms with Gasteiger partial charge in [0.25, 0.3) is 0 Å². The van der Waals surface area contributed by atoms with Crippen molar-refractivity contribution >= 4 is 27.5 Å². The Labute approximate surface area is 77.5 Å². The Morgan fingerprint density at radius 3 is 2.92 bits per heavy atom. The summed E-state index contributed by atoms with van der Waals surface area (Å²) in [5.74, 6) is 0.296. The van der Waals surface area contributed by atoms with Gasteiger partial charge in [-0.1, -0.05) is 0 Å². The van der Waals surface area contributed by atoms with Crippen LogP contribution in [0.5, 0.6) is 0 Å². The number of nitrogens with two attached hydrogens (primary N) is 1. The second-order valence-electron chi connectivity index (χ2n) is 2.53. The number of pyridine rings is 1. The summed E-state index contributed by atoms with van der Waals surface area (Å²) < 4.78 is 2.61. The maximum Gasteiger partial charge on any atom is 0.240 e. The van der Waals surface area contributed by atoms with Crippen molar-refractivity contribution in [2.45, 2.75) is 6.92 Å². The third-order valence-corrected chi connectivity index (χ3v) is 2.26. The second kappa shape index (κ2) is 2.45. The number of hydrogen-bond donors (Lipinski definition) is 1. The first kappa shape index (κ1) is 7.54. The summed E-state index contributed by atoms with van der Waals surface area (Å²) in [6.07, 6.45) is 0. The van der Waals surface area contributed by atoms with Crippen molar-refractivity contribution in [3.05, 3.63) is 22.3 Å². The quantitative estimate of drug-likeness (QED) is 0.739. The van der Waals surface area contributed by atoms with E-state index >= 15 is 0 Å². The highest BCUT2D eigenvalue weighted by molar-refractivity contribution is 9.10. The van der Waals surface area contributed by atoms with Crippen molar-refractivity contribution in [3.63, 3.8) is 0 Å². The molecular formula is C7H7BrN4. The number of hydrogen-bond acceptors (Lipinski definition) is 3. The van der Waals surface area contributed by atoms with Gasteiger partial charge in [-0.2, -0.15) is 4.98 Å². The third-order valence-electron chi connectivity index (χ3n) is 1.64. The normalized spacial score (nSPS) is 10.8. The zero-order valence-electron chi connectivity index (χ0n) is 6.45. The Hall–Kier alpha value is -1.10. The maximum atomic E-state index is 5.46. The van der Waals surface area contributed by atoms with Crippen LogP contribution in [0.15, 0.2) is 16.6 Å². The Morgan fingerprint density at radius 1 is 1.50 bits per heavy atom. The van der Waals surface area contributed by atoms with E-state index in [0.29, 0.717) is 5.95 Å². The molecule has 0 spiro atoms. The number of anilines is 1. The van der Waals surface area contributed by atoms with Crippen LogP contribution in [0.4, 0.5) is 5.95 Å². The minimum absolute atomic E-state index is 0.296. The predicted molar refractivity (Wildman–Crippen MR) is 49.8 cm³/mol. The van der Waals surface area contributed by atoms with Gasteiger partial charge in [-0.3, -0.25) is 0 Å². The van der Waals surface area contributed by atoms with Crippen LogP contribution in [0.2, 0.25) is 0 Å². The largest absolute Gasteiger partial charge is 0.366 e. The van der Waals surface area contributed by atoms with Gasteiger partial charge in [-0.25, -0.2) is 4.52 Å². The summed E-state index contributed by atoms with van der Waals surface area (Å²) in [6, 6.07) is 3.88. The molecule has 0 unspecified atom stereocenters. The Bertz CT molecular complexity index is 395. The minimum atomic E-state index is 0.296. The van der Waals surface area contributed by atoms with E-state index < -0.39 is 0 Å². The lowest BCUT2D eigenvalue weighted by Gasteiger charge is -1.97. The number of halogens is 1. The highest BCUT2D eigenvalue weighted by atomic mass is 79.9. The molecule has 0 aliphatic rings. The van der Waals surface area contributed by atoms with E-state index in [4.69, 9.17) is 5.73 Å². The first-order valence-corrected chi connectivity index (χ1v) is 4.25. The number of aryl methyl sites for hydroxylation is 1. The second-order valence-corrected chi connectivity index (χ2v) is 3.38. The van der Waals surface area contributed by atoms with Crippen molar-refractivity contribution in [2.75, 3.05) is 5.73 Å². The SMILES string of the molecule is Cc1ccc(Br)c2nc(N)nn12. The van der Waals surface area contributed by atoms with E-state index in [-0.39, 0.29) is 0 Å². The van der Waals surface area contributed by atoms with E-state index in [1.807, 2.05) is 19.1 Å². The highest BCUT2D eigenvalue weighted by Gasteiger charge is 2.04. The van der Waals surface area contributed by atoms with Crippen molar-refractivity contribution in [1.29, 1.82) is 0 Å². The lowest BCUT2D eigenvalue weighted by Crippen LogP contribution is -1.93. The molecule has 2 N–H and O–H groups in total. The zero-order chi connectivity index (χ0) is 8.72. The fraction of sp³-hybridized carbons (Fsp3) is 0.143. The van der Waals surface area contributed by atoms with Crippen LogP contribution in [0.25, 0.3) is 5.65 Å². The van der Waals surface area contributed by atoms with Crippen LogP contribution < -0.4 is 5.73 Å². The molecule has 0 saturated carbocycles. The lowest BCUT2D eigenvalue weighted by atomic mass is 10.4. The van der Waals surface area contributed by atoms with Crippen LogP contribution in [0, 0.1) is 6.92 Å². The van der Waals surface area contributed by atoms with Gasteiger partial charge in [0, 0.05) is 5.69 Å². The van der Waals surface area contributed by atoms with Crippen LogP contribution in [0.3, 0.4) is 0 Å². The topological polar surface area (TPSA) is 56.2 Å². The lowest BCUT2D eigenvalue weighted by molar-refractivity contribution is 0.917. The number of rotatable bonds is 0. The van der Waals surface area contributed by atoms with E-state index in [2.05, 4.69) is 26.0 Å². The molecule has 12 heavy (non-hydrogen) atoms. The van der Waals surface area contributed by atoms with Crippen LogP contribution in [0.1, 0.15) is 5.69 Å². The fourth-order valence-corrected chi connectivity index (χ4v) is 1.46. The molecule has 2 aromatic rings. The number of aromatic nitrogens is 3. The molecule has 5 heteroatoms. The number of fused-ring (bicyclic) bond motifs is 1. The minimum Gasteiger partial charge on any atom is -0.366 e. The highest BCUT2D eigenvalue weighted by Crippen LogP contribution is 2.17. The zero-order valence-corrected chi connectivity index (χ0v) is 8.04. The predicted octanol–water partition coefficient (Wildman–Crippen LogP) is 1.38. The number of nitrogen functional groups attached to an aromatic ring is 1. The van der Waals surface area contributed by atoms with Gasteiger partial charge in [-0.15, -0.1) is 5.10 Å². The average molecular weight is 227 g/mol. The molecule has 0 amide bonds. The van der Waals surface area contributed by atoms with Crippen molar-refractivity contribution in [3.8, 4) is 0 Å². The summed E-state index contributed by atoms with van der Waals surface area (Å²) in [5, 5.41) is 4.03. The van der Waals surface area contributed by atoms with E-state index in [1.165, 1.54) is 0 Å². The summed E-state index contributed by atoms with van der Waals surface area (Å²) in [5.41, 5.74) is 7.23. The van der Waals surface area contributed by atoms with Gasteiger partial charge in [0.05, 0.1) is 4.47 Å². The molecule has 0 fully saturated rings. The Balaban J connectivity index is 2.93. The molecule has 4 nitrogen and oxygen atoms in total. The fourth-order valence-electron chi connectivity index (χ4n) is 1.07. The molecule has 2 heterocycles. The standard InChI is InChI=1S/C7H7BrN4/c1-4-2-3-5(8)6-10-7(9)11-12(4)6/h2-3H,1H3,(H2,9,11).